The number of furan rings is 1. The molecule has 84 valence electrons. The van der Waals surface area contributed by atoms with E-state index in [1.807, 2.05) is 13.8 Å². The van der Waals surface area contributed by atoms with Crippen LogP contribution >= 0.6 is 0 Å². The molecule has 0 fully saturated rings. The van der Waals surface area contributed by atoms with Crippen molar-refractivity contribution in [2.24, 2.45) is 5.92 Å². The van der Waals surface area contributed by atoms with Gasteiger partial charge in [0.05, 0.1) is 18.4 Å². The van der Waals surface area contributed by atoms with E-state index in [1.165, 1.54) is 6.26 Å². The summed E-state index contributed by atoms with van der Waals surface area (Å²) < 4.78 is 5.30. The number of carboxylic acid groups (broad SMARTS) is 1. The summed E-state index contributed by atoms with van der Waals surface area (Å²) in [4.78, 5) is 15.2. The maximum atomic E-state index is 11.2. The van der Waals surface area contributed by atoms with Crippen LogP contribution in [0.15, 0.2) is 29.1 Å². The molecule has 0 aromatic carbocycles. The number of fused-ring (bicyclic) bond motifs is 1. The number of rotatable bonds is 3. The molecule has 0 amide bonds. The average molecular weight is 219 g/mol. The van der Waals surface area contributed by atoms with Crippen molar-refractivity contribution in [3.63, 3.8) is 0 Å². The van der Waals surface area contributed by atoms with Crippen LogP contribution in [0.3, 0.4) is 0 Å². The molecule has 2 aromatic rings. The van der Waals surface area contributed by atoms with Crippen LogP contribution < -0.4 is 0 Å². The first-order chi connectivity index (χ1) is 7.61. The van der Waals surface area contributed by atoms with E-state index in [0.717, 1.165) is 10.9 Å². The SMILES string of the molecule is CC(C)C(C(=O)O)c1coc2cnccc12. The second-order valence-corrected chi connectivity index (χ2v) is 4.12. The van der Waals surface area contributed by atoms with Gasteiger partial charge in [0, 0.05) is 17.1 Å². The van der Waals surface area contributed by atoms with Crippen LogP contribution in [0, 0.1) is 5.92 Å². The molecule has 0 radical (unpaired) electrons. The van der Waals surface area contributed by atoms with Gasteiger partial charge in [0.25, 0.3) is 0 Å². The Hall–Kier alpha value is -1.84. The highest BCUT2D eigenvalue weighted by atomic mass is 16.4. The summed E-state index contributed by atoms with van der Waals surface area (Å²) >= 11 is 0. The van der Waals surface area contributed by atoms with Gasteiger partial charge in [0.2, 0.25) is 0 Å². The molecule has 0 saturated heterocycles. The van der Waals surface area contributed by atoms with E-state index in [-0.39, 0.29) is 5.92 Å². The Morgan fingerprint density at radius 2 is 2.25 bits per heavy atom. The summed E-state index contributed by atoms with van der Waals surface area (Å²) in [5, 5.41) is 10.0. The first kappa shape index (κ1) is 10.7. The lowest BCUT2D eigenvalue weighted by Gasteiger charge is -2.14. The largest absolute Gasteiger partial charge is 0.481 e. The second kappa shape index (κ2) is 3.96. The fourth-order valence-corrected chi connectivity index (χ4v) is 1.92. The smallest absolute Gasteiger partial charge is 0.311 e. The summed E-state index contributed by atoms with van der Waals surface area (Å²) in [5.74, 6) is -1.34. The first-order valence-electron chi connectivity index (χ1n) is 5.15. The summed E-state index contributed by atoms with van der Waals surface area (Å²) in [5.41, 5.74) is 1.35. The molecule has 2 aromatic heterocycles. The van der Waals surface area contributed by atoms with E-state index >= 15 is 0 Å². The van der Waals surface area contributed by atoms with Crippen molar-refractivity contribution >= 4 is 16.9 Å². The molecule has 1 unspecified atom stereocenters. The van der Waals surface area contributed by atoms with E-state index < -0.39 is 11.9 Å². The van der Waals surface area contributed by atoms with Crippen LogP contribution in [0.5, 0.6) is 0 Å². The van der Waals surface area contributed by atoms with Crippen molar-refractivity contribution in [3.8, 4) is 0 Å². The normalized spacial score (nSPS) is 13.2. The van der Waals surface area contributed by atoms with Gasteiger partial charge in [-0.3, -0.25) is 9.78 Å². The van der Waals surface area contributed by atoms with Crippen LogP contribution in [0.2, 0.25) is 0 Å². The number of pyridine rings is 1. The maximum Gasteiger partial charge on any atom is 0.311 e. The molecule has 0 saturated carbocycles. The zero-order valence-electron chi connectivity index (χ0n) is 9.18. The predicted molar refractivity (Wildman–Crippen MR) is 59.2 cm³/mol. The standard InChI is InChI=1S/C12H13NO3/c1-7(2)11(12(14)15)9-6-16-10-5-13-4-3-8(9)10/h3-7,11H,1-2H3,(H,14,15). The van der Waals surface area contributed by atoms with Gasteiger partial charge in [-0.1, -0.05) is 13.8 Å². The molecule has 4 heteroatoms. The van der Waals surface area contributed by atoms with Gasteiger partial charge in [-0.25, -0.2) is 0 Å². The zero-order chi connectivity index (χ0) is 11.7. The van der Waals surface area contributed by atoms with E-state index in [9.17, 15) is 9.90 Å². The Kier molecular flexibility index (Phi) is 2.64. The number of aromatic nitrogens is 1. The topological polar surface area (TPSA) is 63.3 Å². The quantitative estimate of drug-likeness (QED) is 0.861. The Balaban J connectivity index is 2.57. The number of hydrogen-bond acceptors (Lipinski definition) is 3. The molecule has 1 N–H and O–H groups in total. The molecule has 16 heavy (non-hydrogen) atoms. The minimum Gasteiger partial charge on any atom is -0.481 e. The minimum absolute atomic E-state index is 0.0199. The monoisotopic (exact) mass is 219 g/mol. The molecule has 1 atom stereocenters. The molecular weight excluding hydrogens is 206 g/mol. The van der Waals surface area contributed by atoms with Crippen LogP contribution in [0.4, 0.5) is 0 Å². The third kappa shape index (κ3) is 1.66. The summed E-state index contributed by atoms with van der Waals surface area (Å²) in [7, 11) is 0. The summed E-state index contributed by atoms with van der Waals surface area (Å²) in [6.07, 6.45) is 4.75. The number of nitrogens with zero attached hydrogens (tertiary/aromatic N) is 1. The molecule has 0 aliphatic heterocycles. The number of carbonyl (C=O) groups is 1. The van der Waals surface area contributed by atoms with E-state index in [0.29, 0.717) is 5.58 Å². The van der Waals surface area contributed by atoms with Gasteiger partial charge < -0.3 is 9.52 Å². The molecule has 4 nitrogen and oxygen atoms in total. The molecule has 0 bridgehead atoms. The van der Waals surface area contributed by atoms with Gasteiger partial charge in [0.1, 0.15) is 0 Å². The van der Waals surface area contributed by atoms with Crippen molar-refractivity contribution in [2.45, 2.75) is 19.8 Å². The fourth-order valence-electron chi connectivity index (χ4n) is 1.92. The Morgan fingerprint density at radius 3 is 2.88 bits per heavy atom. The number of carboxylic acids is 1. The molecular formula is C12H13NO3. The lowest BCUT2D eigenvalue weighted by atomic mass is 9.88. The third-order valence-electron chi connectivity index (χ3n) is 2.68. The van der Waals surface area contributed by atoms with Crippen LogP contribution in [0.1, 0.15) is 25.3 Å². The Bertz CT molecular complexity index is 516. The van der Waals surface area contributed by atoms with Gasteiger partial charge in [0.15, 0.2) is 5.58 Å². The van der Waals surface area contributed by atoms with Crippen molar-refractivity contribution in [3.05, 3.63) is 30.3 Å². The summed E-state index contributed by atoms with van der Waals surface area (Å²) in [6, 6.07) is 1.78. The first-order valence-corrected chi connectivity index (χ1v) is 5.15. The zero-order valence-corrected chi connectivity index (χ0v) is 9.18. The highest BCUT2D eigenvalue weighted by molar-refractivity contribution is 5.87. The predicted octanol–water partition coefficient (Wildman–Crippen LogP) is 2.65. The van der Waals surface area contributed by atoms with Gasteiger partial charge in [-0.15, -0.1) is 0 Å². The maximum absolute atomic E-state index is 11.2. The van der Waals surface area contributed by atoms with Crippen molar-refractivity contribution in [1.82, 2.24) is 4.98 Å². The average Bonchev–Trinajstić information content (AvgIpc) is 2.61. The highest BCUT2D eigenvalue weighted by Gasteiger charge is 2.26. The molecule has 0 spiro atoms. The lowest BCUT2D eigenvalue weighted by Crippen LogP contribution is -2.16. The lowest BCUT2D eigenvalue weighted by molar-refractivity contribution is -0.139. The van der Waals surface area contributed by atoms with E-state index in [4.69, 9.17) is 4.42 Å². The molecule has 0 aliphatic carbocycles. The van der Waals surface area contributed by atoms with Crippen molar-refractivity contribution in [1.29, 1.82) is 0 Å². The second-order valence-electron chi connectivity index (χ2n) is 4.12. The molecule has 2 rings (SSSR count). The van der Waals surface area contributed by atoms with Crippen molar-refractivity contribution in [2.75, 3.05) is 0 Å². The van der Waals surface area contributed by atoms with Crippen LogP contribution in [-0.4, -0.2) is 16.1 Å². The molecule has 2 heterocycles. The Morgan fingerprint density at radius 1 is 1.50 bits per heavy atom. The van der Waals surface area contributed by atoms with Crippen LogP contribution in [-0.2, 0) is 4.79 Å². The third-order valence-corrected chi connectivity index (χ3v) is 2.68. The van der Waals surface area contributed by atoms with E-state index in [2.05, 4.69) is 4.98 Å². The fraction of sp³-hybridized carbons (Fsp3) is 0.333. The molecule has 0 aliphatic rings. The van der Waals surface area contributed by atoms with Gasteiger partial charge in [-0.05, 0) is 12.0 Å². The Labute approximate surface area is 92.9 Å². The van der Waals surface area contributed by atoms with Gasteiger partial charge in [-0.2, -0.15) is 0 Å². The number of aliphatic carboxylic acids is 1. The van der Waals surface area contributed by atoms with E-state index in [1.54, 1.807) is 18.5 Å². The number of hydrogen-bond donors (Lipinski definition) is 1. The van der Waals surface area contributed by atoms with Gasteiger partial charge >= 0.3 is 5.97 Å². The highest BCUT2D eigenvalue weighted by Crippen LogP contribution is 2.31. The minimum atomic E-state index is -0.825. The van der Waals surface area contributed by atoms with Crippen LogP contribution in [0.25, 0.3) is 11.0 Å². The van der Waals surface area contributed by atoms with Crippen molar-refractivity contribution < 1.29 is 14.3 Å². The summed E-state index contributed by atoms with van der Waals surface area (Å²) in [6.45, 7) is 3.78.